The third-order valence-electron chi connectivity index (χ3n) is 5.46. The molecular weight excluding hydrogens is 436 g/mol. The number of hydrogen-bond donors (Lipinski definition) is 3. The first-order valence-electron chi connectivity index (χ1n) is 10.7. The molecule has 0 saturated carbocycles. The van der Waals surface area contributed by atoms with Crippen LogP contribution in [-0.2, 0) is 4.74 Å². The summed E-state index contributed by atoms with van der Waals surface area (Å²) in [4.78, 5) is 15.9. The molecule has 1 aliphatic heterocycles. The molecule has 0 radical (unpaired) electrons. The largest absolute Gasteiger partial charge is 0.379 e. The van der Waals surface area contributed by atoms with Crippen LogP contribution in [0.4, 0.5) is 11.5 Å². The molecule has 0 unspecified atom stereocenters. The Balaban J connectivity index is 1.40. The van der Waals surface area contributed by atoms with Crippen LogP contribution in [0, 0.1) is 16.7 Å². The number of thiazole rings is 1. The lowest BCUT2D eigenvalue weighted by Crippen LogP contribution is -2.41. The fraction of sp³-hybridized carbons (Fsp3) is 0.261. The summed E-state index contributed by atoms with van der Waals surface area (Å²) in [6.45, 7) is 4.93. The minimum atomic E-state index is 0.311. The highest BCUT2D eigenvalue weighted by Gasteiger charge is 2.16. The molecule has 166 valence electrons. The van der Waals surface area contributed by atoms with E-state index in [1.54, 1.807) is 12.1 Å². The van der Waals surface area contributed by atoms with E-state index in [-0.39, 0.29) is 0 Å². The van der Waals surface area contributed by atoms with E-state index >= 15 is 0 Å². The summed E-state index contributed by atoms with van der Waals surface area (Å²) in [5.41, 5.74) is 2.93. The van der Waals surface area contributed by atoms with Crippen LogP contribution in [0.1, 0.15) is 10.6 Å². The highest BCUT2D eigenvalue weighted by molar-refractivity contribution is 7.21. The first kappa shape index (κ1) is 21.2. The zero-order chi connectivity index (χ0) is 22.6. The molecule has 2 aromatic heterocycles. The second-order valence-corrected chi connectivity index (χ2v) is 8.62. The van der Waals surface area contributed by atoms with E-state index < -0.39 is 0 Å². The van der Waals surface area contributed by atoms with Crippen molar-refractivity contribution in [3.63, 3.8) is 0 Å². The second-order valence-electron chi connectivity index (χ2n) is 7.62. The van der Waals surface area contributed by atoms with Crippen molar-refractivity contribution in [2.45, 2.75) is 0 Å². The molecule has 2 aromatic carbocycles. The van der Waals surface area contributed by atoms with E-state index in [0.29, 0.717) is 28.8 Å². The summed E-state index contributed by atoms with van der Waals surface area (Å²) in [5, 5.41) is 25.7. The summed E-state index contributed by atoms with van der Waals surface area (Å²) in [6, 6.07) is 13.2. The molecule has 0 bridgehead atoms. The quantitative estimate of drug-likeness (QED) is 0.298. The third kappa shape index (κ3) is 4.61. The Morgan fingerprint density at radius 3 is 2.88 bits per heavy atom. The number of amidine groups is 1. The first-order valence-corrected chi connectivity index (χ1v) is 11.5. The maximum Gasteiger partial charge on any atom is 0.159 e. The van der Waals surface area contributed by atoms with Crippen molar-refractivity contribution in [2.75, 3.05) is 44.7 Å². The molecule has 33 heavy (non-hydrogen) atoms. The molecule has 9 nitrogen and oxygen atoms in total. The average Bonchev–Trinajstić information content (AvgIpc) is 3.30. The van der Waals surface area contributed by atoms with Crippen LogP contribution in [0.5, 0.6) is 0 Å². The molecule has 0 spiro atoms. The molecule has 4 aromatic rings. The molecule has 10 heteroatoms. The molecule has 3 N–H and O–H groups in total. The molecule has 0 aliphatic carbocycles. The number of aromatic nitrogens is 3. The van der Waals surface area contributed by atoms with Gasteiger partial charge in [-0.15, -0.1) is 11.3 Å². The summed E-state index contributed by atoms with van der Waals surface area (Å²) in [5.74, 6) is 0.952. The van der Waals surface area contributed by atoms with Crippen LogP contribution in [-0.4, -0.2) is 65.1 Å². The van der Waals surface area contributed by atoms with Crippen molar-refractivity contribution in [1.82, 2.24) is 25.2 Å². The Bertz CT molecular complexity index is 1360. The van der Waals surface area contributed by atoms with Crippen molar-refractivity contribution >= 4 is 49.8 Å². The molecule has 3 heterocycles. The smallest absolute Gasteiger partial charge is 0.159 e. The Labute approximate surface area is 194 Å². The number of anilines is 2. The fourth-order valence-corrected chi connectivity index (χ4v) is 4.81. The Morgan fingerprint density at radius 1 is 1.18 bits per heavy atom. The minimum Gasteiger partial charge on any atom is -0.379 e. The number of fused-ring (bicyclic) bond motifs is 3. The van der Waals surface area contributed by atoms with Gasteiger partial charge in [-0.25, -0.2) is 15.0 Å². The van der Waals surface area contributed by atoms with Gasteiger partial charge in [0.2, 0.25) is 0 Å². The number of nitriles is 1. The van der Waals surface area contributed by atoms with Gasteiger partial charge >= 0.3 is 0 Å². The predicted octanol–water partition coefficient (Wildman–Crippen LogP) is 3.10. The van der Waals surface area contributed by atoms with E-state index in [9.17, 15) is 5.26 Å². The molecule has 5 rings (SSSR count). The van der Waals surface area contributed by atoms with E-state index in [4.69, 9.17) is 10.1 Å². The lowest BCUT2D eigenvalue weighted by molar-refractivity contribution is 0.0389. The summed E-state index contributed by atoms with van der Waals surface area (Å²) in [6.07, 6.45) is 1.52. The van der Waals surface area contributed by atoms with Crippen LogP contribution in [0.25, 0.3) is 21.1 Å². The van der Waals surface area contributed by atoms with E-state index in [0.717, 1.165) is 59.7 Å². The Kier molecular flexibility index (Phi) is 6.08. The molecular formula is C23H22N8OS. The standard InChI is InChI=1S/C23H22N8OS/c24-13-15-2-1-3-16(12-15)29-22-19-17(27-14-28-22)4-5-18-20(19)33-23(30-18)21(25)26-6-7-31-8-10-32-11-9-31/h1-5,12,14H,6-11H2,(H2,25,26)(H,27,28,29). The molecule has 1 fully saturated rings. The normalized spacial score (nSPS) is 14.3. The highest BCUT2D eigenvalue weighted by Crippen LogP contribution is 2.34. The van der Waals surface area contributed by atoms with Crippen molar-refractivity contribution in [3.05, 3.63) is 53.3 Å². The van der Waals surface area contributed by atoms with Crippen LogP contribution in [0.2, 0.25) is 0 Å². The summed E-state index contributed by atoms with van der Waals surface area (Å²) in [7, 11) is 0. The van der Waals surface area contributed by atoms with Gasteiger partial charge in [-0.2, -0.15) is 5.26 Å². The van der Waals surface area contributed by atoms with Gasteiger partial charge in [0, 0.05) is 31.9 Å². The molecule has 1 aliphatic rings. The van der Waals surface area contributed by atoms with Gasteiger partial charge in [0.05, 0.1) is 46.0 Å². The minimum absolute atomic E-state index is 0.311. The van der Waals surface area contributed by atoms with Gasteiger partial charge in [-0.3, -0.25) is 10.3 Å². The van der Waals surface area contributed by atoms with Gasteiger partial charge in [-0.1, -0.05) is 6.07 Å². The second kappa shape index (κ2) is 9.46. The van der Waals surface area contributed by atoms with Crippen LogP contribution >= 0.6 is 11.3 Å². The maximum atomic E-state index is 9.19. The molecule has 1 saturated heterocycles. The van der Waals surface area contributed by atoms with E-state index in [1.165, 1.54) is 17.7 Å². The Morgan fingerprint density at radius 2 is 2.03 bits per heavy atom. The number of rotatable bonds is 6. The van der Waals surface area contributed by atoms with Gasteiger partial charge in [-0.05, 0) is 30.3 Å². The Hall–Kier alpha value is -3.65. The van der Waals surface area contributed by atoms with Crippen LogP contribution in [0.3, 0.4) is 0 Å². The van der Waals surface area contributed by atoms with Crippen molar-refractivity contribution in [1.29, 1.82) is 10.7 Å². The summed E-state index contributed by atoms with van der Waals surface area (Å²) < 4.78 is 6.30. The fourth-order valence-electron chi connectivity index (χ4n) is 3.78. The summed E-state index contributed by atoms with van der Waals surface area (Å²) >= 11 is 1.45. The third-order valence-corrected chi connectivity index (χ3v) is 6.56. The zero-order valence-electron chi connectivity index (χ0n) is 17.8. The van der Waals surface area contributed by atoms with Crippen molar-refractivity contribution in [3.8, 4) is 6.07 Å². The average molecular weight is 459 g/mol. The number of morpholine rings is 1. The van der Waals surface area contributed by atoms with Gasteiger partial charge in [0.15, 0.2) is 10.8 Å². The van der Waals surface area contributed by atoms with E-state index in [2.05, 4.69) is 36.6 Å². The van der Waals surface area contributed by atoms with Crippen LogP contribution in [0.15, 0.2) is 42.7 Å². The monoisotopic (exact) mass is 458 g/mol. The van der Waals surface area contributed by atoms with Gasteiger partial charge < -0.3 is 15.4 Å². The zero-order valence-corrected chi connectivity index (χ0v) is 18.7. The van der Waals surface area contributed by atoms with Gasteiger partial charge in [0.25, 0.3) is 0 Å². The first-order chi connectivity index (χ1) is 16.2. The maximum absolute atomic E-state index is 9.19. The highest BCUT2D eigenvalue weighted by atomic mass is 32.1. The van der Waals surface area contributed by atoms with Crippen molar-refractivity contribution < 1.29 is 4.74 Å². The molecule has 0 amide bonds. The van der Waals surface area contributed by atoms with E-state index in [1.807, 2.05) is 24.3 Å². The topological polar surface area (TPSA) is 123 Å². The van der Waals surface area contributed by atoms with Crippen molar-refractivity contribution in [2.24, 2.45) is 0 Å². The SMILES string of the molecule is N#Cc1cccc(Nc2ncnc3ccc4nc(C(=N)NCCN5CCOCC5)sc4c23)c1. The number of nitrogens with zero attached hydrogens (tertiary/aromatic N) is 5. The predicted molar refractivity (Wildman–Crippen MR) is 129 cm³/mol. The number of benzene rings is 2. The molecule has 0 atom stereocenters. The number of ether oxygens (including phenoxy) is 1. The number of hydrogen-bond acceptors (Lipinski definition) is 9. The number of nitrogens with one attached hydrogen (secondary N) is 3. The lowest BCUT2D eigenvalue weighted by Gasteiger charge is -2.26. The lowest BCUT2D eigenvalue weighted by atomic mass is 10.2. The van der Waals surface area contributed by atoms with Crippen LogP contribution < -0.4 is 10.6 Å². The van der Waals surface area contributed by atoms with Gasteiger partial charge in [0.1, 0.15) is 12.1 Å².